The first kappa shape index (κ1) is 20.7. The number of hydrogen-bond acceptors (Lipinski definition) is 4. The van der Waals surface area contributed by atoms with Crippen LogP contribution in [0.2, 0.25) is 0 Å². The van der Waals surface area contributed by atoms with Gasteiger partial charge in [-0.15, -0.1) is 0 Å². The third-order valence-electron chi connectivity index (χ3n) is 1.74. The molecule has 0 atom stereocenters. The third-order valence-corrected chi connectivity index (χ3v) is 1.74. The van der Waals surface area contributed by atoms with Gasteiger partial charge in [-0.25, -0.2) is 4.79 Å². The summed E-state index contributed by atoms with van der Waals surface area (Å²) in [5, 5.41) is 8.10. The highest BCUT2D eigenvalue weighted by Crippen LogP contribution is 1.97. The van der Waals surface area contributed by atoms with Gasteiger partial charge in [-0.1, -0.05) is 56.1 Å². The van der Waals surface area contributed by atoms with Gasteiger partial charge in [0.15, 0.2) is 0 Å². The second-order valence-electron chi connectivity index (χ2n) is 3.32. The average Bonchev–Trinajstić information content (AvgIpc) is 2.54. The van der Waals surface area contributed by atoms with E-state index in [1.165, 1.54) is 5.56 Å². The van der Waals surface area contributed by atoms with Gasteiger partial charge in [-0.2, -0.15) is 0 Å². The van der Waals surface area contributed by atoms with E-state index in [0.29, 0.717) is 0 Å². The van der Waals surface area contributed by atoms with Gasteiger partial charge in [-0.3, -0.25) is 4.79 Å². The first-order chi connectivity index (χ1) is 10.0. The van der Waals surface area contributed by atoms with Crippen LogP contribution in [0, 0.1) is 0 Å². The molecule has 0 unspecified atom stereocenters. The summed E-state index contributed by atoms with van der Waals surface area (Å²) in [6.07, 6.45) is 3.94. The molecule has 0 bridgehead atoms. The van der Waals surface area contributed by atoms with E-state index in [9.17, 15) is 9.59 Å². The molecule has 1 rings (SSSR count). The predicted octanol–water partition coefficient (Wildman–Crippen LogP) is 1.70. The van der Waals surface area contributed by atoms with Crippen molar-refractivity contribution in [2.45, 2.75) is 0 Å². The molecule has 21 heavy (non-hydrogen) atoms. The number of amides is 1. The molecule has 0 aliphatic rings. The highest BCUT2D eigenvalue weighted by atomic mass is 16.5. The quantitative estimate of drug-likeness (QED) is 0.638. The topological polar surface area (TPSA) is 89.6 Å². The Balaban J connectivity index is 0. The first-order valence-electron chi connectivity index (χ1n) is 6.01. The lowest BCUT2D eigenvalue weighted by molar-refractivity contribution is -0.138. The molecule has 3 N–H and O–H groups in total. The number of esters is 1. The van der Waals surface area contributed by atoms with E-state index < -0.39 is 11.9 Å². The average molecular weight is 291 g/mol. The fourth-order valence-electron chi connectivity index (χ4n) is 0.794. The van der Waals surface area contributed by atoms with E-state index in [1.807, 2.05) is 36.4 Å². The molecule has 5 nitrogen and oxygen atoms in total. The maximum Gasteiger partial charge on any atom is 0.330 e. The summed E-state index contributed by atoms with van der Waals surface area (Å²) in [6, 6.07) is 10.0. The fourth-order valence-corrected chi connectivity index (χ4v) is 0.794. The largest absolute Gasteiger partial charge is 0.460 e. The SMILES string of the molecule is C=CC(=O)OCCO.C=CC(N)=O.C=Cc1ccccc1. The van der Waals surface area contributed by atoms with Crippen molar-refractivity contribution in [1.29, 1.82) is 0 Å². The van der Waals surface area contributed by atoms with Crippen LogP contribution in [-0.4, -0.2) is 30.2 Å². The Hall–Kier alpha value is -2.66. The molecule has 0 heterocycles. The van der Waals surface area contributed by atoms with Crippen LogP contribution in [-0.2, 0) is 14.3 Å². The number of benzene rings is 1. The molecule has 1 aromatic carbocycles. The lowest BCUT2D eigenvalue weighted by Crippen LogP contribution is -2.04. The molecular formula is C16H21NO4. The fraction of sp³-hybridized carbons (Fsp3) is 0.125. The summed E-state index contributed by atoms with van der Waals surface area (Å²) >= 11 is 0. The number of nitrogens with two attached hydrogens (primary N) is 1. The molecule has 0 saturated heterocycles. The van der Waals surface area contributed by atoms with Gasteiger partial charge in [0.25, 0.3) is 0 Å². The Morgan fingerprint density at radius 3 is 1.95 bits per heavy atom. The van der Waals surface area contributed by atoms with E-state index in [0.717, 1.165) is 12.2 Å². The first-order valence-corrected chi connectivity index (χ1v) is 6.01. The Morgan fingerprint density at radius 2 is 1.67 bits per heavy atom. The van der Waals surface area contributed by atoms with Crippen LogP contribution in [0.25, 0.3) is 6.08 Å². The van der Waals surface area contributed by atoms with Crippen LogP contribution in [0.15, 0.2) is 62.2 Å². The summed E-state index contributed by atoms with van der Waals surface area (Å²) < 4.78 is 4.33. The minimum absolute atomic E-state index is 0.0465. The van der Waals surface area contributed by atoms with E-state index in [-0.39, 0.29) is 13.2 Å². The van der Waals surface area contributed by atoms with Crippen LogP contribution in [0.5, 0.6) is 0 Å². The molecule has 0 aliphatic heterocycles. The molecule has 1 aromatic rings. The smallest absolute Gasteiger partial charge is 0.330 e. The lowest BCUT2D eigenvalue weighted by Gasteiger charge is -1.94. The van der Waals surface area contributed by atoms with Crippen LogP contribution in [0.3, 0.4) is 0 Å². The van der Waals surface area contributed by atoms with Crippen molar-refractivity contribution >= 4 is 18.0 Å². The van der Waals surface area contributed by atoms with Gasteiger partial charge in [0.05, 0.1) is 6.61 Å². The number of aliphatic hydroxyl groups excluding tert-OH is 1. The van der Waals surface area contributed by atoms with Crippen molar-refractivity contribution in [2.24, 2.45) is 5.73 Å². The standard InChI is InChI=1S/C8H8.C5H8O3.C3H5NO/c1-2-8-6-4-3-5-7-8;1-2-5(7)8-4-3-6;1-2-3(4)5/h2-7H,1H2;2,6H,1,3-4H2;2H,1H2,(H2,4,5). The number of aliphatic hydroxyl groups is 1. The number of rotatable bonds is 5. The van der Waals surface area contributed by atoms with Crippen LogP contribution >= 0.6 is 0 Å². The highest BCUT2D eigenvalue weighted by molar-refractivity contribution is 5.85. The zero-order valence-electron chi connectivity index (χ0n) is 11.9. The van der Waals surface area contributed by atoms with Gasteiger partial charge >= 0.3 is 5.97 Å². The molecule has 0 saturated carbocycles. The van der Waals surface area contributed by atoms with Gasteiger partial charge in [0, 0.05) is 6.08 Å². The molecule has 5 heteroatoms. The second-order valence-corrected chi connectivity index (χ2v) is 3.32. The van der Waals surface area contributed by atoms with Gasteiger partial charge in [0.2, 0.25) is 5.91 Å². The maximum atomic E-state index is 10.1. The molecule has 0 aromatic heterocycles. The van der Waals surface area contributed by atoms with Crippen LogP contribution in [0.1, 0.15) is 5.56 Å². The number of hydrogen-bond donors (Lipinski definition) is 2. The number of primary amides is 1. The maximum absolute atomic E-state index is 10.1. The van der Waals surface area contributed by atoms with Crippen molar-refractivity contribution in [1.82, 2.24) is 0 Å². The Labute approximate surface area is 125 Å². The van der Waals surface area contributed by atoms with E-state index in [2.05, 4.69) is 30.2 Å². The van der Waals surface area contributed by atoms with E-state index in [1.54, 1.807) is 0 Å². The summed E-state index contributed by atoms with van der Waals surface area (Å²) in [7, 11) is 0. The highest BCUT2D eigenvalue weighted by Gasteiger charge is 1.90. The zero-order chi connectivity index (χ0) is 16.5. The van der Waals surface area contributed by atoms with Crippen molar-refractivity contribution in [3.05, 3.63) is 67.8 Å². The molecule has 1 amide bonds. The van der Waals surface area contributed by atoms with E-state index >= 15 is 0 Å². The molecule has 0 aliphatic carbocycles. The third kappa shape index (κ3) is 17.3. The second kappa shape index (κ2) is 15.4. The van der Waals surface area contributed by atoms with Crippen molar-refractivity contribution in [2.75, 3.05) is 13.2 Å². The number of carbonyl (C=O) groups excluding carboxylic acids is 2. The van der Waals surface area contributed by atoms with Crippen LogP contribution < -0.4 is 5.73 Å². The number of carbonyl (C=O) groups is 2. The normalized spacial score (nSPS) is 7.86. The summed E-state index contributed by atoms with van der Waals surface area (Å²) in [5.74, 6) is -0.982. The summed E-state index contributed by atoms with van der Waals surface area (Å²) in [4.78, 5) is 19.6. The van der Waals surface area contributed by atoms with Gasteiger partial charge in [0.1, 0.15) is 6.61 Å². The van der Waals surface area contributed by atoms with E-state index in [4.69, 9.17) is 5.11 Å². The minimum atomic E-state index is -0.501. The van der Waals surface area contributed by atoms with Crippen molar-refractivity contribution in [3.63, 3.8) is 0 Å². The van der Waals surface area contributed by atoms with Gasteiger partial charge < -0.3 is 15.6 Å². The van der Waals surface area contributed by atoms with Gasteiger partial charge in [-0.05, 0) is 11.6 Å². The molecule has 0 spiro atoms. The lowest BCUT2D eigenvalue weighted by atomic mass is 10.2. The Kier molecular flexibility index (Phi) is 15.1. The zero-order valence-corrected chi connectivity index (χ0v) is 11.9. The summed E-state index contributed by atoms with van der Waals surface area (Å²) in [5.41, 5.74) is 5.71. The molecule has 114 valence electrons. The monoisotopic (exact) mass is 291 g/mol. The molecule has 0 radical (unpaired) electrons. The Bertz CT molecular complexity index is 441. The van der Waals surface area contributed by atoms with Crippen molar-refractivity contribution < 1.29 is 19.4 Å². The molecule has 0 fully saturated rings. The number of ether oxygens (including phenoxy) is 1. The minimum Gasteiger partial charge on any atom is -0.460 e. The molecular weight excluding hydrogens is 270 g/mol. The summed E-state index contributed by atoms with van der Waals surface area (Å²) in [6.45, 7) is 9.78. The van der Waals surface area contributed by atoms with Crippen molar-refractivity contribution in [3.8, 4) is 0 Å². The predicted molar refractivity (Wildman–Crippen MR) is 84.2 cm³/mol. The Morgan fingerprint density at radius 1 is 1.14 bits per heavy atom. The van der Waals surface area contributed by atoms with Crippen LogP contribution in [0.4, 0.5) is 0 Å².